The van der Waals surface area contributed by atoms with Gasteiger partial charge in [0.05, 0.1) is 0 Å². The van der Waals surface area contributed by atoms with Crippen molar-refractivity contribution in [1.82, 2.24) is 4.90 Å². The summed E-state index contributed by atoms with van der Waals surface area (Å²) in [5, 5.41) is 0. The van der Waals surface area contributed by atoms with Crippen LogP contribution in [0.5, 0.6) is 0 Å². The molecule has 74 valence electrons. The maximum absolute atomic E-state index is 2.59. The molecule has 0 N–H and O–H groups in total. The topological polar surface area (TPSA) is 3.24 Å². The number of likely N-dealkylation sites (tertiary alicyclic amines) is 1. The SMILES string of the molecule is CC.CC1CCCN1C(C)(C)C. The quantitative estimate of drug-likeness (QED) is 0.540. The second kappa shape index (κ2) is 4.86. The van der Waals surface area contributed by atoms with Crippen molar-refractivity contribution >= 4 is 0 Å². The van der Waals surface area contributed by atoms with E-state index in [1.54, 1.807) is 0 Å². The van der Waals surface area contributed by atoms with E-state index >= 15 is 0 Å². The van der Waals surface area contributed by atoms with Crippen LogP contribution in [0.2, 0.25) is 0 Å². The third-order valence-electron chi connectivity index (χ3n) is 2.41. The molecular weight excluding hydrogens is 146 g/mol. The van der Waals surface area contributed by atoms with E-state index < -0.39 is 0 Å². The first-order chi connectivity index (χ1) is 5.52. The van der Waals surface area contributed by atoms with Gasteiger partial charge in [0.25, 0.3) is 0 Å². The van der Waals surface area contributed by atoms with Crippen molar-refractivity contribution in [2.24, 2.45) is 0 Å². The van der Waals surface area contributed by atoms with Crippen LogP contribution in [0.1, 0.15) is 54.4 Å². The minimum absolute atomic E-state index is 0.385. The van der Waals surface area contributed by atoms with Crippen LogP contribution >= 0.6 is 0 Å². The molecule has 0 saturated carbocycles. The van der Waals surface area contributed by atoms with Crippen molar-refractivity contribution in [3.8, 4) is 0 Å². The fraction of sp³-hybridized carbons (Fsp3) is 1.00. The molecule has 0 bridgehead atoms. The van der Waals surface area contributed by atoms with Crippen molar-refractivity contribution in [3.63, 3.8) is 0 Å². The van der Waals surface area contributed by atoms with Crippen molar-refractivity contribution in [2.75, 3.05) is 6.54 Å². The van der Waals surface area contributed by atoms with Crippen molar-refractivity contribution < 1.29 is 0 Å². The molecule has 1 rings (SSSR count). The maximum Gasteiger partial charge on any atom is 0.0127 e. The largest absolute Gasteiger partial charge is 0.296 e. The molecule has 0 amide bonds. The van der Waals surface area contributed by atoms with E-state index in [0.717, 1.165) is 6.04 Å². The van der Waals surface area contributed by atoms with Crippen LogP contribution in [0, 0.1) is 0 Å². The lowest BCUT2D eigenvalue weighted by Crippen LogP contribution is -2.43. The summed E-state index contributed by atoms with van der Waals surface area (Å²) < 4.78 is 0. The molecule has 1 aliphatic heterocycles. The van der Waals surface area contributed by atoms with Gasteiger partial charge in [0.2, 0.25) is 0 Å². The van der Waals surface area contributed by atoms with Gasteiger partial charge in [-0.3, -0.25) is 4.90 Å². The molecule has 1 saturated heterocycles. The molecule has 1 atom stereocenters. The highest BCUT2D eigenvalue weighted by molar-refractivity contribution is 4.85. The summed E-state index contributed by atoms with van der Waals surface area (Å²) in [6.07, 6.45) is 2.77. The Morgan fingerprint density at radius 1 is 1.17 bits per heavy atom. The first-order valence-corrected chi connectivity index (χ1v) is 5.28. The molecule has 1 nitrogen and oxygen atoms in total. The first kappa shape index (κ1) is 12.0. The molecule has 1 heterocycles. The van der Waals surface area contributed by atoms with Crippen molar-refractivity contribution in [1.29, 1.82) is 0 Å². The maximum atomic E-state index is 2.59. The van der Waals surface area contributed by atoms with Crippen LogP contribution in [0.4, 0.5) is 0 Å². The lowest BCUT2D eigenvalue weighted by atomic mass is 10.1. The summed E-state index contributed by atoms with van der Waals surface area (Å²) in [5.74, 6) is 0. The van der Waals surface area contributed by atoms with E-state index in [2.05, 4.69) is 32.6 Å². The summed E-state index contributed by atoms with van der Waals surface area (Å²) >= 11 is 0. The van der Waals surface area contributed by atoms with E-state index in [9.17, 15) is 0 Å². The van der Waals surface area contributed by atoms with Gasteiger partial charge in [-0.15, -0.1) is 0 Å². The second-order valence-electron chi connectivity index (χ2n) is 4.36. The minimum Gasteiger partial charge on any atom is -0.296 e. The lowest BCUT2D eigenvalue weighted by molar-refractivity contribution is 0.130. The second-order valence-corrected chi connectivity index (χ2v) is 4.36. The highest BCUT2D eigenvalue weighted by atomic mass is 15.2. The van der Waals surface area contributed by atoms with Gasteiger partial charge in [0, 0.05) is 11.6 Å². The number of rotatable bonds is 0. The predicted octanol–water partition coefficient (Wildman–Crippen LogP) is 3.30. The molecule has 1 heteroatoms. The Labute approximate surface area is 78.1 Å². The Balaban J connectivity index is 0.000000561. The average molecular weight is 171 g/mol. The zero-order valence-corrected chi connectivity index (χ0v) is 9.65. The third-order valence-corrected chi connectivity index (χ3v) is 2.41. The van der Waals surface area contributed by atoms with E-state index in [1.165, 1.54) is 19.4 Å². The monoisotopic (exact) mass is 171 g/mol. The predicted molar refractivity (Wildman–Crippen MR) is 56.5 cm³/mol. The summed E-state index contributed by atoms with van der Waals surface area (Å²) in [6, 6.07) is 0.806. The van der Waals surface area contributed by atoms with Crippen LogP contribution in [0.25, 0.3) is 0 Å². The van der Waals surface area contributed by atoms with Gasteiger partial charge < -0.3 is 0 Å². The standard InChI is InChI=1S/C9H19N.C2H6/c1-8-6-5-7-10(8)9(2,3)4;1-2/h8H,5-7H2,1-4H3;1-2H3. The van der Waals surface area contributed by atoms with Gasteiger partial charge in [-0.25, -0.2) is 0 Å². The van der Waals surface area contributed by atoms with Gasteiger partial charge in [0.1, 0.15) is 0 Å². The highest BCUT2D eigenvalue weighted by Crippen LogP contribution is 2.25. The minimum atomic E-state index is 0.385. The van der Waals surface area contributed by atoms with E-state index in [0.29, 0.717) is 5.54 Å². The molecule has 0 aromatic rings. The Morgan fingerprint density at radius 3 is 1.83 bits per heavy atom. The van der Waals surface area contributed by atoms with Gasteiger partial charge in [0.15, 0.2) is 0 Å². The number of hydrogen-bond donors (Lipinski definition) is 0. The first-order valence-electron chi connectivity index (χ1n) is 5.28. The van der Waals surface area contributed by atoms with Crippen LogP contribution in [-0.2, 0) is 0 Å². The summed E-state index contributed by atoms with van der Waals surface area (Å²) in [7, 11) is 0. The molecule has 0 aromatic carbocycles. The molecule has 0 aliphatic carbocycles. The number of hydrogen-bond acceptors (Lipinski definition) is 1. The fourth-order valence-electron chi connectivity index (χ4n) is 1.93. The van der Waals surface area contributed by atoms with Crippen LogP contribution in [0.3, 0.4) is 0 Å². The Bertz CT molecular complexity index is 113. The van der Waals surface area contributed by atoms with Crippen LogP contribution in [0.15, 0.2) is 0 Å². The van der Waals surface area contributed by atoms with Gasteiger partial charge in [-0.1, -0.05) is 13.8 Å². The van der Waals surface area contributed by atoms with Crippen molar-refractivity contribution in [3.05, 3.63) is 0 Å². The zero-order valence-electron chi connectivity index (χ0n) is 9.65. The smallest absolute Gasteiger partial charge is 0.0127 e. The van der Waals surface area contributed by atoms with E-state index in [-0.39, 0.29) is 0 Å². The third kappa shape index (κ3) is 3.14. The number of nitrogens with zero attached hydrogens (tertiary/aromatic N) is 1. The highest BCUT2D eigenvalue weighted by Gasteiger charge is 2.29. The molecule has 0 radical (unpaired) electrons. The molecule has 0 aromatic heterocycles. The van der Waals surface area contributed by atoms with Gasteiger partial charge in [-0.2, -0.15) is 0 Å². The van der Waals surface area contributed by atoms with Gasteiger partial charge in [-0.05, 0) is 47.1 Å². The molecule has 1 aliphatic rings. The molecule has 1 fully saturated rings. The molecule has 1 unspecified atom stereocenters. The molecule has 12 heavy (non-hydrogen) atoms. The van der Waals surface area contributed by atoms with Crippen LogP contribution < -0.4 is 0 Å². The van der Waals surface area contributed by atoms with Gasteiger partial charge >= 0.3 is 0 Å². The van der Waals surface area contributed by atoms with E-state index in [1.807, 2.05) is 13.8 Å². The normalized spacial score (nSPS) is 25.0. The Kier molecular flexibility index (Phi) is 4.84. The summed E-state index contributed by atoms with van der Waals surface area (Å²) in [6.45, 7) is 14.5. The van der Waals surface area contributed by atoms with E-state index in [4.69, 9.17) is 0 Å². The summed E-state index contributed by atoms with van der Waals surface area (Å²) in [4.78, 5) is 2.59. The lowest BCUT2D eigenvalue weighted by Gasteiger charge is -2.35. The molecular formula is C11H25N. The fourth-order valence-corrected chi connectivity index (χ4v) is 1.93. The molecule has 0 spiro atoms. The Morgan fingerprint density at radius 2 is 1.67 bits per heavy atom. The zero-order chi connectivity index (χ0) is 9.78. The van der Waals surface area contributed by atoms with Crippen LogP contribution in [-0.4, -0.2) is 23.0 Å². The Hall–Kier alpha value is -0.0400. The summed E-state index contributed by atoms with van der Waals surface area (Å²) in [5.41, 5.74) is 0.385. The van der Waals surface area contributed by atoms with Crippen molar-refractivity contribution in [2.45, 2.75) is 66.0 Å². The average Bonchev–Trinajstić information content (AvgIpc) is 2.38.